The molecule has 0 bridgehead atoms. The van der Waals surface area contributed by atoms with Crippen molar-refractivity contribution in [2.24, 2.45) is 5.41 Å². The molecule has 90 valence electrons. The van der Waals surface area contributed by atoms with Crippen LogP contribution in [0.1, 0.15) is 36.9 Å². The second-order valence-electron chi connectivity index (χ2n) is 4.99. The summed E-state index contributed by atoms with van der Waals surface area (Å²) in [5.74, 6) is 0. The minimum atomic E-state index is 0.137. The molecule has 0 amide bonds. The van der Waals surface area contributed by atoms with Gasteiger partial charge in [0, 0.05) is 36.4 Å². The highest BCUT2D eigenvalue weighted by Gasteiger charge is 2.32. The lowest BCUT2D eigenvalue weighted by atomic mass is 9.87. The first-order valence-corrected chi connectivity index (χ1v) is 6.06. The summed E-state index contributed by atoms with van der Waals surface area (Å²) in [6.07, 6.45) is 6.68. The van der Waals surface area contributed by atoms with E-state index in [4.69, 9.17) is 0 Å². The number of nitrogens with zero attached hydrogens (tertiary/aromatic N) is 1. The van der Waals surface area contributed by atoms with E-state index in [2.05, 4.69) is 15.5 Å². The molecule has 1 aliphatic rings. The van der Waals surface area contributed by atoms with E-state index < -0.39 is 0 Å². The molecule has 1 aromatic rings. The first-order chi connectivity index (χ1) is 7.76. The molecule has 0 radical (unpaired) electrons. The van der Waals surface area contributed by atoms with Crippen LogP contribution in [0.5, 0.6) is 0 Å². The average Bonchev–Trinajstić information content (AvgIpc) is 2.90. The Labute approximate surface area is 96.5 Å². The molecule has 0 spiro atoms. The Morgan fingerprint density at radius 1 is 1.50 bits per heavy atom. The van der Waals surface area contributed by atoms with Gasteiger partial charge in [0.2, 0.25) is 0 Å². The van der Waals surface area contributed by atoms with E-state index in [1.807, 2.05) is 13.1 Å². The topological polar surface area (TPSA) is 60.9 Å². The van der Waals surface area contributed by atoms with E-state index >= 15 is 0 Å². The van der Waals surface area contributed by atoms with Gasteiger partial charge in [0.15, 0.2) is 0 Å². The maximum absolute atomic E-state index is 9.47. The number of nitrogens with one attached hydrogen (secondary N) is 2. The molecule has 1 heterocycles. The molecule has 4 heteroatoms. The third-order valence-electron chi connectivity index (χ3n) is 3.75. The van der Waals surface area contributed by atoms with Gasteiger partial charge in [0.05, 0.1) is 6.20 Å². The Kier molecular flexibility index (Phi) is 3.61. The lowest BCUT2D eigenvalue weighted by molar-refractivity contribution is 0.128. The summed E-state index contributed by atoms with van der Waals surface area (Å²) < 4.78 is 0. The van der Waals surface area contributed by atoms with Gasteiger partial charge in [0.25, 0.3) is 0 Å². The van der Waals surface area contributed by atoms with Gasteiger partial charge >= 0.3 is 0 Å². The van der Waals surface area contributed by atoms with Crippen LogP contribution in [0.15, 0.2) is 6.20 Å². The molecule has 0 atom stereocenters. The first-order valence-electron chi connectivity index (χ1n) is 6.06. The smallest absolute Gasteiger partial charge is 0.0535 e. The molecule has 16 heavy (non-hydrogen) atoms. The quantitative estimate of drug-likeness (QED) is 0.706. The number of aliphatic hydroxyl groups excluding tert-OH is 1. The van der Waals surface area contributed by atoms with E-state index in [1.54, 1.807) is 0 Å². The zero-order valence-electron chi connectivity index (χ0n) is 9.92. The van der Waals surface area contributed by atoms with Crippen LogP contribution in [0.25, 0.3) is 0 Å². The average molecular weight is 223 g/mol. The summed E-state index contributed by atoms with van der Waals surface area (Å²) in [4.78, 5) is 0. The molecule has 1 aromatic heterocycles. The van der Waals surface area contributed by atoms with Crippen molar-refractivity contribution >= 4 is 0 Å². The number of rotatable bonds is 5. The SMILES string of the molecule is Cc1[nH]ncc1CNCC1(CO)CCCC1. The van der Waals surface area contributed by atoms with Crippen LogP contribution >= 0.6 is 0 Å². The van der Waals surface area contributed by atoms with Gasteiger partial charge in [-0.1, -0.05) is 12.8 Å². The number of aromatic amines is 1. The number of hydrogen-bond acceptors (Lipinski definition) is 3. The van der Waals surface area contributed by atoms with Crippen LogP contribution in [0.2, 0.25) is 0 Å². The van der Waals surface area contributed by atoms with Crippen molar-refractivity contribution in [3.05, 3.63) is 17.5 Å². The van der Waals surface area contributed by atoms with E-state index in [-0.39, 0.29) is 5.41 Å². The van der Waals surface area contributed by atoms with Gasteiger partial charge < -0.3 is 10.4 Å². The lowest BCUT2D eigenvalue weighted by Gasteiger charge is -2.26. The predicted molar refractivity (Wildman–Crippen MR) is 63.0 cm³/mol. The fourth-order valence-electron chi connectivity index (χ4n) is 2.53. The zero-order valence-corrected chi connectivity index (χ0v) is 9.92. The Hall–Kier alpha value is -0.870. The second-order valence-corrected chi connectivity index (χ2v) is 4.99. The molecular formula is C12H21N3O. The predicted octanol–water partition coefficient (Wildman–Crippen LogP) is 1.36. The minimum Gasteiger partial charge on any atom is -0.396 e. The number of aryl methyl sites for hydroxylation is 1. The van der Waals surface area contributed by atoms with Gasteiger partial charge in [-0.15, -0.1) is 0 Å². The highest BCUT2D eigenvalue weighted by Crippen LogP contribution is 2.36. The summed E-state index contributed by atoms with van der Waals surface area (Å²) in [7, 11) is 0. The molecule has 4 nitrogen and oxygen atoms in total. The van der Waals surface area contributed by atoms with Crippen LogP contribution in [0.4, 0.5) is 0 Å². The summed E-state index contributed by atoms with van der Waals surface area (Å²) in [5.41, 5.74) is 2.47. The van der Waals surface area contributed by atoms with Crippen LogP contribution in [-0.2, 0) is 6.54 Å². The molecule has 0 saturated heterocycles. The molecule has 1 fully saturated rings. The molecule has 1 saturated carbocycles. The number of aromatic nitrogens is 2. The van der Waals surface area contributed by atoms with Gasteiger partial charge in [-0.2, -0.15) is 5.10 Å². The van der Waals surface area contributed by atoms with Crippen molar-refractivity contribution in [3.63, 3.8) is 0 Å². The van der Waals surface area contributed by atoms with Crippen LogP contribution in [0.3, 0.4) is 0 Å². The third kappa shape index (κ3) is 2.44. The first kappa shape index (κ1) is 11.6. The van der Waals surface area contributed by atoms with Gasteiger partial charge in [-0.25, -0.2) is 0 Å². The molecule has 0 unspecified atom stereocenters. The number of H-pyrrole nitrogens is 1. The van der Waals surface area contributed by atoms with E-state index in [9.17, 15) is 5.11 Å². The Balaban J connectivity index is 1.81. The Morgan fingerprint density at radius 3 is 2.81 bits per heavy atom. The molecule has 0 aliphatic heterocycles. The Morgan fingerprint density at radius 2 is 2.25 bits per heavy atom. The van der Waals surface area contributed by atoms with E-state index in [1.165, 1.54) is 18.4 Å². The lowest BCUT2D eigenvalue weighted by Crippen LogP contribution is -2.34. The molecule has 1 aliphatic carbocycles. The van der Waals surface area contributed by atoms with Gasteiger partial charge in [0.1, 0.15) is 0 Å². The summed E-state index contributed by atoms with van der Waals surface area (Å²) in [6.45, 7) is 4.09. The van der Waals surface area contributed by atoms with Crippen LogP contribution in [-0.4, -0.2) is 28.5 Å². The Bertz CT molecular complexity index is 329. The maximum atomic E-state index is 9.47. The fraction of sp³-hybridized carbons (Fsp3) is 0.750. The summed E-state index contributed by atoms with van der Waals surface area (Å²) >= 11 is 0. The standard InChI is InChI=1S/C12H21N3O/c1-10-11(7-14-15-10)6-13-8-12(9-16)4-2-3-5-12/h7,13,16H,2-6,8-9H2,1H3,(H,14,15). The molecule has 3 N–H and O–H groups in total. The summed E-state index contributed by atoms with van der Waals surface area (Å²) in [6, 6.07) is 0. The number of aliphatic hydroxyl groups is 1. The minimum absolute atomic E-state index is 0.137. The van der Waals surface area contributed by atoms with Crippen molar-refractivity contribution in [2.45, 2.75) is 39.2 Å². The maximum Gasteiger partial charge on any atom is 0.0535 e. The second kappa shape index (κ2) is 4.97. The van der Waals surface area contributed by atoms with Crippen molar-refractivity contribution in [1.29, 1.82) is 0 Å². The number of hydrogen-bond donors (Lipinski definition) is 3. The zero-order chi connectivity index (χ0) is 11.4. The van der Waals surface area contributed by atoms with Gasteiger partial charge in [-0.3, -0.25) is 5.10 Å². The summed E-state index contributed by atoms with van der Waals surface area (Å²) in [5, 5.41) is 19.8. The molecular weight excluding hydrogens is 202 g/mol. The van der Waals surface area contributed by atoms with Crippen molar-refractivity contribution in [3.8, 4) is 0 Å². The monoisotopic (exact) mass is 223 g/mol. The van der Waals surface area contributed by atoms with Crippen LogP contribution in [0, 0.1) is 12.3 Å². The van der Waals surface area contributed by atoms with Crippen molar-refractivity contribution < 1.29 is 5.11 Å². The molecule has 0 aromatic carbocycles. The highest BCUT2D eigenvalue weighted by molar-refractivity contribution is 5.13. The molecule has 2 rings (SSSR count). The van der Waals surface area contributed by atoms with E-state index in [0.717, 1.165) is 31.6 Å². The third-order valence-corrected chi connectivity index (χ3v) is 3.75. The van der Waals surface area contributed by atoms with Crippen molar-refractivity contribution in [1.82, 2.24) is 15.5 Å². The normalized spacial score (nSPS) is 19.1. The highest BCUT2D eigenvalue weighted by atomic mass is 16.3. The fourth-order valence-corrected chi connectivity index (χ4v) is 2.53. The van der Waals surface area contributed by atoms with Crippen molar-refractivity contribution in [2.75, 3.05) is 13.2 Å². The largest absolute Gasteiger partial charge is 0.396 e. The van der Waals surface area contributed by atoms with Crippen LogP contribution < -0.4 is 5.32 Å². The van der Waals surface area contributed by atoms with Gasteiger partial charge in [-0.05, 0) is 19.8 Å². The van der Waals surface area contributed by atoms with E-state index in [0.29, 0.717) is 6.61 Å².